The van der Waals surface area contributed by atoms with Crippen molar-refractivity contribution < 1.29 is 27.1 Å². The van der Waals surface area contributed by atoms with Gasteiger partial charge < -0.3 is 19.2 Å². The highest BCUT2D eigenvalue weighted by Gasteiger charge is 2.32. The van der Waals surface area contributed by atoms with Crippen molar-refractivity contribution in [1.82, 2.24) is 4.31 Å². The van der Waals surface area contributed by atoms with Crippen molar-refractivity contribution >= 4 is 32.6 Å². The number of morpholine rings is 1. The monoisotopic (exact) mass is 458 g/mol. The fourth-order valence-electron chi connectivity index (χ4n) is 3.92. The van der Waals surface area contributed by atoms with Crippen molar-refractivity contribution in [1.29, 1.82) is 0 Å². The summed E-state index contributed by atoms with van der Waals surface area (Å²) in [5.41, 5.74) is 1.75. The molecule has 9 heteroatoms. The molecule has 0 bridgehead atoms. The van der Waals surface area contributed by atoms with Gasteiger partial charge in [-0.2, -0.15) is 4.31 Å². The van der Waals surface area contributed by atoms with Crippen LogP contribution in [0.1, 0.15) is 30.0 Å². The second-order valence-corrected chi connectivity index (χ2v) is 9.91. The van der Waals surface area contributed by atoms with Crippen LogP contribution >= 0.6 is 0 Å². The Labute approximate surface area is 187 Å². The lowest BCUT2D eigenvalue weighted by molar-refractivity contribution is -0.0440. The number of fused-ring (bicyclic) bond motifs is 1. The highest BCUT2D eigenvalue weighted by molar-refractivity contribution is 7.89. The molecule has 2 heterocycles. The standard InChI is InChI=1S/C23H26N2O6S/c1-14-12-25(13-15(2)30-14)32(27,28)19-8-5-17(6-9-19)24-23(26)22-16(3)20-11-18(29-4)7-10-21(20)31-22/h5-11,14-15H,12-13H2,1-4H3,(H,24,26)/t14-,15+. The van der Waals surface area contributed by atoms with Gasteiger partial charge in [0.2, 0.25) is 10.0 Å². The molecule has 0 radical (unpaired) electrons. The summed E-state index contributed by atoms with van der Waals surface area (Å²) in [5.74, 6) is 0.458. The first-order valence-corrected chi connectivity index (χ1v) is 11.8. The Bertz CT molecular complexity index is 1240. The molecule has 8 nitrogen and oxygen atoms in total. The molecule has 1 aliphatic rings. The Morgan fingerprint density at radius 2 is 1.75 bits per heavy atom. The summed E-state index contributed by atoms with van der Waals surface area (Å²) in [4.78, 5) is 13.0. The van der Waals surface area contributed by atoms with Crippen LogP contribution in [0.5, 0.6) is 5.75 Å². The van der Waals surface area contributed by atoms with Gasteiger partial charge in [0.15, 0.2) is 5.76 Å². The summed E-state index contributed by atoms with van der Waals surface area (Å²) in [6.07, 6.45) is -0.335. The predicted molar refractivity (Wildman–Crippen MR) is 121 cm³/mol. The van der Waals surface area contributed by atoms with Gasteiger partial charge in [0.25, 0.3) is 5.91 Å². The van der Waals surface area contributed by atoms with Crippen molar-refractivity contribution in [3.8, 4) is 5.75 Å². The average Bonchev–Trinajstić information content (AvgIpc) is 3.09. The Hall–Kier alpha value is -2.88. The van der Waals surface area contributed by atoms with Crippen molar-refractivity contribution in [2.24, 2.45) is 0 Å². The number of sulfonamides is 1. The third kappa shape index (κ3) is 4.23. The highest BCUT2D eigenvalue weighted by Crippen LogP contribution is 2.29. The number of methoxy groups -OCH3 is 1. The molecule has 170 valence electrons. The van der Waals surface area contributed by atoms with Crippen LogP contribution in [0.4, 0.5) is 5.69 Å². The van der Waals surface area contributed by atoms with Crippen LogP contribution < -0.4 is 10.1 Å². The molecule has 2 atom stereocenters. The first kappa shape index (κ1) is 22.3. The van der Waals surface area contributed by atoms with E-state index in [0.717, 1.165) is 5.39 Å². The molecule has 1 fully saturated rings. The van der Waals surface area contributed by atoms with Gasteiger partial charge in [0, 0.05) is 29.7 Å². The number of aryl methyl sites for hydroxylation is 1. The number of amides is 1. The zero-order valence-electron chi connectivity index (χ0n) is 18.4. The highest BCUT2D eigenvalue weighted by atomic mass is 32.2. The van der Waals surface area contributed by atoms with Crippen LogP contribution in [0.2, 0.25) is 0 Å². The minimum absolute atomic E-state index is 0.167. The lowest BCUT2D eigenvalue weighted by Crippen LogP contribution is -2.48. The molecule has 0 saturated carbocycles. The molecule has 2 aromatic carbocycles. The van der Waals surface area contributed by atoms with Gasteiger partial charge in [-0.1, -0.05) is 0 Å². The van der Waals surface area contributed by atoms with E-state index in [1.54, 1.807) is 38.3 Å². The van der Waals surface area contributed by atoms with Gasteiger partial charge >= 0.3 is 0 Å². The second-order valence-electron chi connectivity index (χ2n) is 7.98. The van der Waals surface area contributed by atoms with E-state index in [9.17, 15) is 13.2 Å². The fraction of sp³-hybridized carbons (Fsp3) is 0.348. The Balaban J connectivity index is 1.52. The number of anilines is 1. The Kier molecular flexibility index (Phi) is 5.98. The lowest BCUT2D eigenvalue weighted by Gasteiger charge is -2.34. The number of nitrogens with one attached hydrogen (secondary N) is 1. The van der Waals surface area contributed by atoms with Crippen LogP contribution in [0.15, 0.2) is 51.8 Å². The van der Waals surface area contributed by atoms with Crippen molar-refractivity contribution in [3.05, 3.63) is 53.8 Å². The molecule has 3 aromatic rings. The summed E-state index contributed by atoms with van der Waals surface area (Å²) in [6, 6.07) is 11.5. The molecule has 4 rings (SSSR count). The van der Waals surface area contributed by atoms with Crippen LogP contribution in [0, 0.1) is 6.92 Å². The van der Waals surface area contributed by atoms with Crippen molar-refractivity contribution in [2.75, 3.05) is 25.5 Å². The Morgan fingerprint density at radius 1 is 1.09 bits per heavy atom. The molecule has 0 aliphatic carbocycles. The minimum Gasteiger partial charge on any atom is -0.497 e. The summed E-state index contributed by atoms with van der Waals surface area (Å²) in [6.45, 7) is 6.13. The molecular formula is C23H26N2O6S. The topological polar surface area (TPSA) is 98.1 Å². The lowest BCUT2D eigenvalue weighted by atomic mass is 10.1. The molecule has 0 spiro atoms. The van der Waals surface area contributed by atoms with Gasteiger partial charge in [0.1, 0.15) is 11.3 Å². The molecule has 1 amide bonds. The third-order valence-electron chi connectivity index (χ3n) is 5.49. The molecule has 0 unspecified atom stereocenters. The van der Waals surface area contributed by atoms with Crippen molar-refractivity contribution in [3.63, 3.8) is 0 Å². The number of carbonyl (C=O) groups is 1. The quantitative estimate of drug-likeness (QED) is 0.625. The maximum atomic E-state index is 13.0. The molecule has 1 aromatic heterocycles. The fourth-order valence-corrected chi connectivity index (χ4v) is 5.51. The normalized spacial score (nSPS) is 19.8. The largest absolute Gasteiger partial charge is 0.497 e. The van der Waals surface area contributed by atoms with E-state index in [1.165, 1.54) is 16.4 Å². The number of ether oxygens (including phenoxy) is 2. The average molecular weight is 459 g/mol. The van der Waals surface area contributed by atoms with Crippen LogP contribution in [0.3, 0.4) is 0 Å². The number of hydrogen-bond donors (Lipinski definition) is 1. The molecule has 32 heavy (non-hydrogen) atoms. The summed E-state index contributed by atoms with van der Waals surface area (Å²) < 4.78 is 44.0. The van der Waals surface area contributed by atoms with Crippen LogP contribution in [-0.4, -0.2) is 51.0 Å². The summed E-state index contributed by atoms with van der Waals surface area (Å²) in [7, 11) is -2.07. The third-order valence-corrected chi connectivity index (χ3v) is 7.33. The van der Waals surface area contributed by atoms with Crippen LogP contribution in [0.25, 0.3) is 11.0 Å². The number of hydrogen-bond acceptors (Lipinski definition) is 6. The number of carbonyl (C=O) groups excluding carboxylic acids is 1. The van der Waals surface area contributed by atoms with E-state index in [-0.39, 0.29) is 22.9 Å². The number of benzene rings is 2. The smallest absolute Gasteiger partial charge is 0.291 e. The van der Waals surface area contributed by atoms with E-state index >= 15 is 0 Å². The number of rotatable bonds is 5. The zero-order chi connectivity index (χ0) is 23.0. The first-order chi connectivity index (χ1) is 15.2. The zero-order valence-corrected chi connectivity index (χ0v) is 19.2. The molecule has 1 aliphatic heterocycles. The van der Waals surface area contributed by atoms with Crippen molar-refractivity contribution in [2.45, 2.75) is 37.9 Å². The van der Waals surface area contributed by atoms with E-state index in [1.807, 2.05) is 19.9 Å². The predicted octanol–water partition coefficient (Wildman–Crippen LogP) is 3.80. The molecular weight excluding hydrogens is 432 g/mol. The number of nitrogens with zero attached hydrogens (tertiary/aromatic N) is 1. The van der Waals surface area contributed by atoms with E-state index in [2.05, 4.69) is 5.32 Å². The van der Waals surface area contributed by atoms with E-state index in [4.69, 9.17) is 13.9 Å². The SMILES string of the molecule is COc1ccc2oc(C(=O)Nc3ccc(S(=O)(=O)N4C[C@@H](C)O[C@@H](C)C4)cc3)c(C)c2c1. The molecule has 1 N–H and O–H groups in total. The maximum absolute atomic E-state index is 13.0. The van der Waals surface area contributed by atoms with Gasteiger partial charge in [-0.25, -0.2) is 8.42 Å². The van der Waals surface area contributed by atoms with E-state index < -0.39 is 15.9 Å². The summed E-state index contributed by atoms with van der Waals surface area (Å²) in [5, 5.41) is 3.56. The van der Waals surface area contributed by atoms with Crippen LogP contribution in [-0.2, 0) is 14.8 Å². The maximum Gasteiger partial charge on any atom is 0.291 e. The Morgan fingerprint density at radius 3 is 2.38 bits per heavy atom. The van der Waals surface area contributed by atoms with Gasteiger partial charge in [-0.05, 0) is 63.2 Å². The van der Waals surface area contributed by atoms with Gasteiger partial charge in [-0.3, -0.25) is 4.79 Å². The first-order valence-electron chi connectivity index (χ1n) is 10.3. The minimum atomic E-state index is -3.65. The van der Waals surface area contributed by atoms with Gasteiger partial charge in [0.05, 0.1) is 24.2 Å². The van der Waals surface area contributed by atoms with E-state index in [0.29, 0.717) is 35.7 Å². The van der Waals surface area contributed by atoms with Gasteiger partial charge in [-0.15, -0.1) is 0 Å². The molecule has 1 saturated heterocycles. The number of furan rings is 1. The second kappa shape index (κ2) is 8.57. The summed E-state index contributed by atoms with van der Waals surface area (Å²) >= 11 is 0.